The van der Waals surface area contributed by atoms with Crippen molar-refractivity contribution in [3.63, 3.8) is 0 Å². The van der Waals surface area contributed by atoms with Crippen molar-refractivity contribution >= 4 is 29.3 Å². The fourth-order valence-electron chi connectivity index (χ4n) is 2.40. The Kier molecular flexibility index (Phi) is 5.72. The first kappa shape index (κ1) is 18.5. The average molecular weight is 383 g/mol. The van der Waals surface area contributed by atoms with E-state index in [1.807, 2.05) is 0 Å². The van der Waals surface area contributed by atoms with Gasteiger partial charge in [0, 0.05) is 6.54 Å². The predicted octanol–water partition coefficient (Wildman–Crippen LogP) is 2.55. The highest BCUT2D eigenvalue weighted by molar-refractivity contribution is 7.99. The number of carbonyl (C=O) groups is 2. The number of nitrogens with one attached hydrogen (secondary N) is 1. The zero-order valence-corrected chi connectivity index (χ0v) is 15.1. The molecule has 0 aliphatic carbocycles. The van der Waals surface area contributed by atoms with E-state index >= 15 is 0 Å². The maximum absolute atomic E-state index is 12.3. The van der Waals surface area contributed by atoms with Crippen LogP contribution < -0.4 is 11.1 Å². The summed E-state index contributed by atoms with van der Waals surface area (Å²) in [5.74, 6) is 0.326. The zero-order chi connectivity index (χ0) is 19.2. The summed E-state index contributed by atoms with van der Waals surface area (Å²) in [5.41, 5.74) is 5.95. The Balaban J connectivity index is 1.71. The van der Waals surface area contributed by atoms with Gasteiger partial charge in [-0.1, -0.05) is 30.0 Å². The molecule has 2 amide bonds. The summed E-state index contributed by atoms with van der Waals surface area (Å²) in [7, 11) is 0. The van der Waals surface area contributed by atoms with Crippen LogP contribution in [0.3, 0.4) is 0 Å². The van der Waals surface area contributed by atoms with Gasteiger partial charge in [0.15, 0.2) is 10.9 Å². The lowest BCUT2D eigenvalue weighted by Crippen LogP contribution is -2.19. The molecular formula is C18H17N5O3S. The molecule has 3 aromatic rings. The molecule has 0 saturated heterocycles. The summed E-state index contributed by atoms with van der Waals surface area (Å²) < 4.78 is 7.18. The lowest BCUT2D eigenvalue weighted by molar-refractivity contribution is -0.113. The van der Waals surface area contributed by atoms with Crippen LogP contribution in [0.25, 0.3) is 11.6 Å². The number of para-hydroxylation sites is 1. The van der Waals surface area contributed by atoms with E-state index in [1.165, 1.54) is 11.8 Å². The van der Waals surface area contributed by atoms with Crippen molar-refractivity contribution < 1.29 is 14.0 Å². The highest BCUT2D eigenvalue weighted by Crippen LogP contribution is 2.24. The largest absolute Gasteiger partial charge is 0.461 e. The number of primary amides is 1. The van der Waals surface area contributed by atoms with Crippen molar-refractivity contribution in [3.05, 3.63) is 60.9 Å². The van der Waals surface area contributed by atoms with Crippen LogP contribution in [0.5, 0.6) is 0 Å². The Morgan fingerprint density at radius 2 is 2.07 bits per heavy atom. The fourth-order valence-corrected chi connectivity index (χ4v) is 3.15. The molecule has 0 saturated carbocycles. The monoisotopic (exact) mass is 383 g/mol. The number of nitrogens with two attached hydrogens (primary N) is 1. The van der Waals surface area contributed by atoms with Gasteiger partial charge < -0.3 is 15.5 Å². The molecule has 3 rings (SSSR count). The van der Waals surface area contributed by atoms with Crippen molar-refractivity contribution in [2.24, 2.45) is 5.73 Å². The van der Waals surface area contributed by atoms with Crippen LogP contribution in [0.15, 0.2) is 64.9 Å². The third-order valence-electron chi connectivity index (χ3n) is 3.57. The van der Waals surface area contributed by atoms with Crippen LogP contribution in [-0.4, -0.2) is 32.3 Å². The van der Waals surface area contributed by atoms with E-state index < -0.39 is 5.91 Å². The molecule has 0 aliphatic heterocycles. The van der Waals surface area contributed by atoms with Gasteiger partial charge in [0.25, 0.3) is 5.91 Å². The van der Waals surface area contributed by atoms with Gasteiger partial charge in [-0.25, -0.2) is 0 Å². The number of aromatic nitrogens is 3. The predicted molar refractivity (Wildman–Crippen MR) is 102 cm³/mol. The molecule has 9 heteroatoms. The maximum Gasteiger partial charge on any atom is 0.250 e. The Hall–Kier alpha value is -3.33. The van der Waals surface area contributed by atoms with E-state index in [4.69, 9.17) is 10.2 Å². The first-order valence-electron chi connectivity index (χ1n) is 7.99. The minimum atomic E-state index is -0.604. The highest BCUT2D eigenvalue weighted by atomic mass is 32.2. The van der Waals surface area contributed by atoms with Crippen molar-refractivity contribution in [2.45, 2.75) is 11.7 Å². The summed E-state index contributed by atoms with van der Waals surface area (Å²) in [5, 5.41) is 11.5. The maximum atomic E-state index is 12.3. The second kappa shape index (κ2) is 8.37. The van der Waals surface area contributed by atoms with E-state index in [9.17, 15) is 9.59 Å². The number of thioether (sulfide) groups is 1. The summed E-state index contributed by atoms with van der Waals surface area (Å²) in [4.78, 5) is 23.7. The molecule has 8 nitrogen and oxygen atoms in total. The van der Waals surface area contributed by atoms with E-state index in [-0.39, 0.29) is 17.2 Å². The number of furan rings is 1. The average Bonchev–Trinajstić information content (AvgIpc) is 3.30. The number of anilines is 1. The van der Waals surface area contributed by atoms with Crippen LogP contribution >= 0.6 is 11.8 Å². The lowest BCUT2D eigenvalue weighted by Gasteiger charge is -2.09. The fraction of sp³-hybridized carbons (Fsp3) is 0.111. The van der Waals surface area contributed by atoms with Crippen LogP contribution in [-0.2, 0) is 11.3 Å². The van der Waals surface area contributed by atoms with Crippen LogP contribution in [0, 0.1) is 0 Å². The van der Waals surface area contributed by atoms with E-state index in [1.54, 1.807) is 53.3 Å². The van der Waals surface area contributed by atoms with E-state index in [2.05, 4.69) is 22.1 Å². The minimum absolute atomic E-state index is 0.0839. The van der Waals surface area contributed by atoms with Gasteiger partial charge in [0.05, 0.1) is 23.3 Å². The van der Waals surface area contributed by atoms with Crippen molar-refractivity contribution in [3.8, 4) is 11.6 Å². The molecule has 2 heterocycles. The molecule has 0 radical (unpaired) electrons. The first-order valence-corrected chi connectivity index (χ1v) is 8.98. The van der Waals surface area contributed by atoms with Gasteiger partial charge in [-0.2, -0.15) is 0 Å². The van der Waals surface area contributed by atoms with Gasteiger partial charge in [0.2, 0.25) is 11.7 Å². The summed E-state index contributed by atoms with van der Waals surface area (Å²) in [6, 6.07) is 10.1. The van der Waals surface area contributed by atoms with Gasteiger partial charge >= 0.3 is 0 Å². The number of allylic oxidation sites excluding steroid dienone is 1. The van der Waals surface area contributed by atoms with E-state index in [0.29, 0.717) is 29.0 Å². The minimum Gasteiger partial charge on any atom is -0.461 e. The lowest BCUT2D eigenvalue weighted by atomic mass is 10.1. The number of amides is 2. The molecule has 0 atom stereocenters. The molecule has 1 aromatic carbocycles. The van der Waals surface area contributed by atoms with Crippen molar-refractivity contribution in [1.82, 2.24) is 14.8 Å². The molecule has 3 N–H and O–H groups in total. The number of carbonyl (C=O) groups excluding carboxylic acids is 2. The Bertz CT molecular complexity index is 965. The van der Waals surface area contributed by atoms with Gasteiger partial charge in [-0.05, 0) is 24.3 Å². The summed E-state index contributed by atoms with van der Waals surface area (Å²) >= 11 is 1.22. The SMILES string of the molecule is C=CCn1c(SCC(=O)Nc2ccccc2C(N)=O)nnc1-c1ccco1. The number of hydrogen-bond acceptors (Lipinski definition) is 6. The number of hydrogen-bond donors (Lipinski definition) is 2. The van der Waals surface area contributed by atoms with Crippen LogP contribution in [0.1, 0.15) is 10.4 Å². The molecule has 0 fully saturated rings. The highest BCUT2D eigenvalue weighted by Gasteiger charge is 2.17. The van der Waals surface area contributed by atoms with Crippen molar-refractivity contribution in [2.75, 3.05) is 11.1 Å². The molecule has 0 aliphatic rings. The molecule has 0 spiro atoms. The van der Waals surface area contributed by atoms with Crippen LogP contribution in [0.2, 0.25) is 0 Å². The third kappa shape index (κ3) is 4.26. The number of nitrogens with zero attached hydrogens (tertiary/aromatic N) is 3. The standard InChI is InChI=1S/C18H17N5O3S/c1-2-9-23-17(14-8-5-10-26-14)21-22-18(23)27-11-15(24)20-13-7-4-3-6-12(13)16(19)25/h2-8,10H,1,9,11H2,(H2,19,25)(H,20,24). The second-order valence-electron chi connectivity index (χ2n) is 5.43. The molecule has 0 bridgehead atoms. The molecule has 138 valence electrons. The third-order valence-corrected chi connectivity index (χ3v) is 4.54. The normalized spacial score (nSPS) is 10.5. The van der Waals surface area contributed by atoms with Crippen molar-refractivity contribution in [1.29, 1.82) is 0 Å². The van der Waals surface area contributed by atoms with Gasteiger partial charge in [-0.3, -0.25) is 14.2 Å². The quantitative estimate of drug-likeness (QED) is 0.456. The van der Waals surface area contributed by atoms with Gasteiger partial charge in [-0.15, -0.1) is 16.8 Å². The smallest absolute Gasteiger partial charge is 0.250 e. The first-order chi connectivity index (χ1) is 13.1. The number of rotatable bonds is 8. The zero-order valence-electron chi connectivity index (χ0n) is 14.3. The van der Waals surface area contributed by atoms with Crippen LogP contribution in [0.4, 0.5) is 5.69 Å². The second-order valence-corrected chi connectivity index (χ2v) is 6.37. The molecule has 0 unspecified atom stereocenters. The number of benzene rings is 1. The molecule has 2 aromatic heterocycles. The Morgan fingerprint density at radius 3 is 2.78 bits per heavy atom. The summed E-state index contributed by atoms with van der Waals surface area (Å²) in [6.45, 7) is 4.21. The molecule has 27 heavy (non-hydrogen) atoms. The Morgan fingerprint density at radius 1 is 1.26 bits per heavy atom. The Labute approximate surface area is 159 Å². The van der Waals surface area contributed by atoms with E-state index in [0.717, 1.165) is 0 Å². The summed E-state index contributed by atoms with van der Waals surface area (Å²) in [6.07, 6.45) is 3.27. The topological polar surface area (TPSA) is 116 Å². The molecular weight excluding hydrogens is 366 g/mol. The van der Waals surface area contributed by atoms with Gasteiger partial charge in [0.1, 0.15) is 0 Å².